The molecule has 0 N–H and O–H groups in total. The zero-order chi connectivity index (χ0) is 13.0. The molecule has 0 aliphatic carbocycles. The summed E-state index contributed by atoms with van der Waals surface area (Å²) in [6, 6.07) is 8.45. The van der Waals surface area contributed by atoms with Gasteiger partial charge in [0.2, 0.25) is 0 Å². The van der Waals surface area contributed by atoms with E-state index in [1.807, 2.05) is 12.4 Å². The van der Waals surface area contributed by atoms with Crippen molar-refractivity contribution in [3.8, 4) is 0 Å². The number of fused-ring (bicyclic) bond motifs is 4. The van der Waals surface area contributed by atoms with E-state index in [4.69, 9.17) is 0 Å². The zero-order valence-electron chi connectivity index (χ0n) is 11.0. The highest BCUT2D eigenvalue weighted by atomic mass is 14.9. The number of rotatable bonds is 0. The number of nitrogens with zero attached hydrogens (tertiary/aromatic N) is 2. The minimum atomic E-state index is 1.25. The van der Waals surface area contributed by atoms with Crippen molar-refractivity contribution in [1.82, 2.24) is 9.38 Å². The van der Waals surface area contributed by atoms with Crippen LogP contribution in [0.15, 0.2) is 49.1 Å². The van der Waals surface area contributed by atoms with Crippen LogP contribution in [0.3, 0.4) is 0 Å². The molecule has 19 heavy (non-hydrogen) atoms. The Kier molecular flexibility index (Phi) is 1.99. The molecule has 1 aromatic carbocycles. The van der Waals surface area contributed by atoms with Gasteiger partial charge in [-0.2, -0.15) is 0 Å². The molecule has 0 atom stereocenters. The van der Waals surface area contributed by atoms with Crippen LogP contribution in [0, 0.1) is 13.8 Å². The molecule has 0 radical (unpaired) electrons. The Morgan fingerprint density at radius 1 is 0.947 bits per heavy atom. The normalized spacial score (nSPS) is 11.7. The molecule has 3 heterocycles. The first-order valence-corrected chi connectivity index (χ1v) is 6.49. The van der Waals surface area contributed by atoms with Crippen LogP contribution in [0.25, 0.3) is 27.1 Å². The Balaban J connectivity index is 2.39. The van der Waals surface area contributed by atoms with Crippen molar-refractivity contribution < 1.29 is 0 Å². The zero-order valence-corrected chi connectivity index (χ0v) is 11.0. The average molecular weight is 246 g/mol. The van der Waals surface area contributed by atoms with Crippen LogP contribution in [0.1, 0.15) is 11.1 Å². The molecule has 92 valence electrons. The molecule has 0 unspecified atom stereocenters. The molecule has 2 nitrogen and oxygen atoms in total. The summed E-state index contributed by atoms with van der Waals surface area (Å²) < 4.78 is 2.21. The quantitative estimate of drug-likeness (QED) is 0.453. The summed E-state index contributed by atoms with van der Waals surface area (Å²) in [4.78, 5) is 4.28. The highest BCUT2D eigenvalue weighted by Gasteiger charge is 2.12. The number of hydrogen-bond donors (Lipinski definition) is 0. The highest BCUT2D eigenvalue weighted by molar-refractivity contribution is 6.11. The Hall–Kier alpha value is -2.35. The van der Waals surface area contributed by atoms with Crippen molar-refractivity contribution in [2.45, 2.75) is 13.8 Å². The SMILES string of the molecule is Cc1c2ccncc2c(C)c2c1cn1ccccc21. The topological polar surface area (TPSA) is 17.3 Å². The van der Waals surface area contributed by atoms with E-state index in [0.29, 0.717) is 0 Å². The molecular weight excluding hydrogens is 232 g/mol. The van der Waals surface area contributed by atoms with Crippen LogP contribution >= 0.6 is 0 Å². The van der Waals surface area contributed by atoms with Gasteiger partial charge in [0.1, 0.15) is 0 Å². The van der Waals surface area contributed by atoms with Crippen molar-refractivity contribution in [3.63, 3.8) is 0 Å². The van der Waals surface area contributed by atoms with Gasteiger partial charge >= 0.3 is 0 Å². The largest absolute Gasteiger partial charge is 0.323 e. The summed E-state index contributed by atoms with van der Waals surface area (Å²) >= 11 is 0. The van der Waals surface area contributed by atoms with E-state index in [1.165, 1.54) is 38.2 Å². The maximum Gasteiger partial charge on any atom is 0.0531 e. The molecule has 0 bridgehead atoms. The number of pyridine rings is 2. The van der Waals surface area contributed by atoms with Gasteiger partial charge in [0.25, 0.3) is 0 Å². The van der Waals surface area contributed by atoms with Gasteiger partial charge in [0.15, 0.2) is 0 Å². The monoisotopic (exact) mass is 246 g/mol. The molecule has 0 aliphatic heterocycles. The van der Waals surface area contributed by atoms with Crippen molar-refractivity contribution in [1.29, 1.82) is 0 Å². The summed E-state index contributed by atoms with van der Waals surface area (Å²) in [6.07, 6.45) is 8.18. The Morgan fingerprint density at radius 2 is 1.84 bits per heavy atom. The first-order valence-electron chi connectivity index (χ1n) is 6.49. The lowest BCUT2D eigenvalue weighted by Crippen LogP contribution is -1.86. The lowest BCUT2D eigenvalue weighted by molar-refractivity contribution is 1.21. The van der Waals surface area contributed by atoms with E-state index in [1.54, 1.807) is 0 Å². The lowest BCUT2D eigenvalue weighted by Gasteiger charge is -2.08. The minimum Gasteiger partial charge on any atom is -0.323 e. The second-order valence-corrected chi connectivity index (χ2v) is 5.08. The van der Waals surface area contributed by atoms with Crippen molar-refractivity contribution >= 4 is 27.1 Å². The molecule has 0 fully saturated rings. The standard InChI is InChI=1S/C17H14N2/c1-11-13-6-7-18-9-14(13)12(2)17-15(11)10-19-8-4-3-5-16(17)19/h3-10H,1-2H3. The molecule has 0 spiro atoms. The molecule has 2 heteroatoms. The van der Waals surface area contributed by atoms with E-state index in [9.17, 15) is 0 Å². The van der Waals surface area contributed by atoms with Gasteiger partial charge in [0.05, 0.1) is 5.52 Å². The van der Waals surface area contributed by atoms with Crippen molar-refractivity contribution in [2.75, 3.05) is 0 Å². The first-order chi connectivity index (χ1) is 9.27. The number of aryl methyl sites for hydroxylation is 2. The third-order valence-electron chi connectivity index (χ3n) is 4.09. The Bertz CT molecular complexity index is 932. The number of benzene rings is 1. The minimum absolute atomic E-state index is 1.25. The molecule has 0 amide bonds. The van der Waals surface area contributed by atoms with Gasteiger partial charge in [-0.1, -0.05) is 6.07 Å². The Labute approximate surface area is 111 Å². The summed E-state index contributed by atoms with van der Waals surface area (Å²) in [5.41, 5.74) is 3.92. The van der Waals surface area contributed by atoms with Crippen LogP contribution in [-0.2, 0) is 0 Å². The molecule has 4 rings (SSSR count). The summed E-state index contributed by atoms with van der Waals surface area (Å²) in [5.74, 6) is 0. The third kappa shape index (κ3) is 1.28. The predicted molar refractivity (Wildman–Crippen MR) is 79.7 cm³/mol. The van der Waals surface area contributed by atoms with Gasteiger partial charge in [-0.15, -0.1) is 0 Å². The van der Waals surface area contributed by atoms with Crippen LogP contribution in [0.5, 0.6) is 0 Å². The van der Waals surface area contributed by atoms with Gasteiger partial charge in [-0.3, -0.25) is 4.98 Å². The second kappa shape index (κ2) is 3.58. The van der Waals surface area contributed by atoms with E-state index in [0.717, 1.165) is 0 Å². The van der Waals surface area contributed by atoms with E-state index < -0.39 is 0 Å². The smallest absolute Gasteiger partial charge is 0.0531 e. The van der Waals surface area contributed by atoms with E-state index >= 15 is 0 Å². The summed E-state index contributed by atoms with van der Waals surface area (Å²) in [6.45, 7) is 4.39. The fraction of sp³-hybridized carbons (Fsp3) is 0.118. The highest BCUT2D eigenvalue weighted by Crippen LogP contribution is 2.34. The third-order valence-corrected chi connectivity index (χ3v) is 4.09. The van der Waals surface area contributed by atoms with Crippen LogP contribution < -0.4 is 0 Å². The van der Waals surface area contributed by atoms with Gasteiger partial charge in [0, 0.05) is 40.9 Å². The first kappa shape index (κ1) is 10.6. The van der Waals surface area contributed by atoms with Crippen molar-refractivity contribution in [2.24, 2.45) is 0 Å². The van der Waals surface area contributed by atoms with E-state index in [-0.39, 0.29) is 0 Å². The maximum atomic E-state index is 4.28. The summed E-state index contributed by atoms with van der Waals surface area (Å²) in [5, 5.41) is 5.24. The Morgan fingerprint density at radius 3 is 2.74 bits per heavy atom. The maximum absolute atomic E-state index is 4.28. The number of hydrogen-bond acceptors (Lipinski definition) is 1. The lowest BCUT2D eigenvalue weighted by atomic mass is 9.96. The molecular formula is C17H14N2. The second-order valence-electron chi connectivity index (χ2n) is 5.08. The molecule has 0 saturated heterocycles. The van der Waals surface area contributed by atoms with E-state index in [2.05, 4.69) is 59.9 Å². The molecule has 0 saturated carbocycles. The van der Waals surface area contributed by atoms with Gasteiger partial charge in [-0.05, 0) is 48.6 Å². The van der Waals surface area contributed by atoms with Crippen LogP contribution in [-0.4, -0.2) is 9.38 Å². The van der Waals surface area contributed by atoms with Crippen LogP contribution in [0.2, 0.25) is 0 Å². The van der Waals surface area contributed by atoms with Crippen molar-refractivity contribution in [3.05, 3.63) is 60.2 Å². The van der Waals surface area contributed by atoms with Crippen LogP contribution in [0.4, 0.5) is 0 Å². The molecule has 3 aromatic heterocycles. The fourth-order valence-electron chi connectivity index (χ4n) is 3.10. The molecule has 0 aliphatic rings. The average Bonchev–Trinajstić information content (AvgIpc) is 2.84. The fourth-order valence-corrected chi connectivity index (χ4v) is 3.10. The molecule has 4 aromatic rings. The van der Waals surface area contributed by atoms with Gasteiger partial charge < -0.3 is 4.40 Å². The number of aromatic nitrogens is 2. The predicted octanol–water partition coefficient (Wildman–Crippen LogP) is 4.26. The van der Waals surface area contributed by atoms with Gasteiger partial charge in [-0.25, -0.2) is 0 Å². The summed E-state index contributed by atoms with van der Waals surface area (Å²) in [7, 11) is 0.